The highest BCUT2D eigenvalue weighted by molar-refractivity contribution is 7.32. The molecule has 1 atom stereocenters. The summed E-state index contributed by atoms with van der Waals surface area (Å²) in [5.74, 6) is -0.429. The summed E-state index contributed by atoms with van der Waals surface area (Å²) in [6.07, 6.45) is 1.25. The standard InChI is InChI=1S/C5H7O5P/c6-5-1-4(2-9-5)3-10-11(7)8/h1,11H,2-3H2,(H,7,8). The lowest BCUT2D eigenvalue weighted by atomic mass is 10.3. The molecule has 62 valence electrons. The summed E-state index contributed by atoms with van der Waals surface area (Å²) in [5.41, 5.74) is 0.586. The molecule has 11 heavy (non-hydrogen) atoms. The van der Waals surface area contributed by atoms with Crippen LogP contribution < -0.4 is 0 Å². The Morgan fingerprint density at radius 2 is 2.55 bits per heavy atom. The van der Waals surface area contributed by atoms with E-state index >= 15 is 0 Å². The van der Waals surface area contributed by atoms with Crippen LogP contribution in [0.15, 0.2) is 11.6 Å². The van der Waals surface area contributed by atoms with Gasteiger partial charge < -0.3 is 14.2 Å². The summed E-state index contributed by atoms with van der Waals surface area (Å²) in [6.45, 7) is 0.147. The molecule has 1 heterocycles. The van der Waals surface area contributed by atoms with E-state index in [0.29, 0.717) is 5.57 Å². The molecule has 0 aromatic heterocycles. The van der Waals surface area contributed by atoms with E-state index in [1.54, 1.807) is 0 Å². The van der Waals surface area contributed by atoms with E-state index in [4.69, 9.17) is 4.89 Å². The molecular formula is C5H7O5P. The summed E-state index contributed by atoms with van der Waals surface area (Å²) in [4.78, 5) is 18.7. The average Bonchev–Trinajstić information content (AvgIpc) is 2.31. The molecule has 5 nitrogen and oxygen atoms in total. The smallest absolute Gasteiger partial charge is 0.331 e. The maximum Gasteiger partial charge on any atom is 0.331 e. The van der Waals surface area contributed by atoms with Gasteiger partial charge in [-0.3, -0.25) is 4.57 Å². The van der Waals surface area contributed by atoms with Crippen molar-refractivity contribution in [3.05, 3.63) is 11.6 Å². The Hall–Kier alpha value is -0.640. The second-order valence-electron chi connectivity index (χ2n) is 1.96. The molecule has 0 spiro atoms. The average molecular weight is 178 g/mol. The molecule has 1 rings (SSSR count). The van der Waals surface area contributed by atoms with E-state index < -0.39 is 14.2 Å². The minimum atomic E-state index is -2.90. The van der Waals surface area contributed by atoms with E-state index in [9.17, 15) is 9.36 Å². The van der Waals surface area contributed by atoms with Crippen LogP contribution in [0.1, 0.15) is 0 Å². The number of carbonyl (C=O) groups is 1. The maximum atomic E-state index is 10.4. The zero-order valence-corrected chi connectivity index (χ0v) is 6.57. The predicted molar refractivity (Wildman–Crippen MR) is 36.2 cm³/mol. The number of hydrogen-bond acceptors (Lipinski definition) is 4. The second kappa shape index (κ2) is 3.67. The highest BCUT2D eigenvalue weighted by Gasteiger charge is 2.12. The summed E-state index contributed by atoms with van der Waals surface area (Å²) < 4.78 is 18.9. The number of carbonyl (C=O) groups excluding carboxylic acids is 1. The molecule has 0 saturated carbocycles. The maximum absolute atomic E-state index is 10.4. The van der Waals surface area contributed by atoms with Gasteiger partial charge in [-0.25, -0.2) is 4.79 Å². The molecule has 0 aliphatic carbocycles. The van der Waals surface area contributed by atoms with Crippen LogP contribution in [0.25, 0.3) is 0 Å². The van der Waals surface area contributed by atoms with Gasteiger partial charge in [0, 0.05) is 11.6 Å². The minimum Gasteiger partial charge on any atom is -0.458 e. The Kier molecular flexibility index (Phi) is 2.82. The first kappa shape index (κ1) is 8.46. The molecule has 1 aliphatic rings. The van der Waals surface area contributed by atoms with Crippen molar-refractivity contribution in [2.24, 2.45) is 0 Å². The summed E-state index contributed by atoms with van der Waals surface area (Å²) >= 11 is 0. The highest BCUT2D eigenvalue weighted by atomic mass is 31.1. The topological polar surface area (TPSA) is 72.8 Å². The molecular weight excluding hydrogens is 171 g/mol. The lowest BCUT2D eigenvalue weighted by molar-refractivity contribution is -0.134. The van der Waals surface area contributed by atoms with E-state index in [-0.39, 0.29) is 13.2 Å². The Balaban J connectivity index is 2.33. The zero-order valence-electron chi connectivity index (χ0n) is 5.57. The van der Waals surface area contributed by atoms with Crippen LogP contribution in [0.4, 0.5) is 0 Å². The van der Waals surface area contributed by atoms with Crippen molar-refractivity contribution in [2.75, 3.05) is 13.2 Å². The third kappa shape index (κ3) is 2.84. The van der Waals surface area contributed by atoms with Gasteiger partial charge in [0.05, 0.1) is 6.61 Å². The highest BCUT2D eigenvalue weighted by Crippen LogP contribution is 2.17. The molecule has 0 aromatic carbocycles. The Morgan fingerprint density at radius 1 is 1.82 bits per heavy atom. The van der Waals surface area contributed by atoms with Crippen molar-refractivity contribution in [3.8, 4) is 0 Å². The molecule has 0 radical (unpaired) electrons. The van der Waals surface area contributed by atoms with Gasteiger partial charge >= 0.3 is 14.2 Å². The van der Waals surface area contributed by atoms with Crippen LogP contribution in [-0.4, -0.2) is 24.1 Å². The Morgan fingerprint density at radius 3 is 3.00 bits per heavy atom. The van der Waals surface area contributed by atoms with Gasteiger partial charge in [-0.15, -0.1) is 0 Å². The van der Waals surface area contributed by atoms with Crippen molar-refractivity contribution >= 4 is 14.2 Å². The van der Waals surface area contributed by atoms with Crippen LogP contribution in [0, 0.1) is 0 Å². The summed E-state index contributed by atoms with van der Waals surface area (Å²) in [7, 11) is -2.90. The van der Waals surface area contributed by atoms with Crippen molar-refractivity contribution in [3.63, 3.8) is 0 Å². The van der Waals surface area contributed by atoms with Crippen LogP contribution in [0.5, 0.6) is 0 Å². The van der Waals surface area contributed by atoms with Crippen molar-refractivity contribution < 1.29 is 23.5 Å². The van der Waals surface area contributed by atoms with Gasteiger partial charge in [0.25, 0.3) is 0 Å². The number of esters is 1. The predicted octanol–water partition coefficient (Wildman–Crippen LogP) is -0.132. The first-order valence-corrected chi connectivity index (χ1v) is 4.17. The summed E-state index contributed by atoms with van der Waals surface area (Å²) in [6, 6.07) is 0. The van der Waals surface area contributed by atoms with Crippen LogP contribution >= 0.6 is 8.25 Å². The summed E-state index contributed by atoms with van der Waals surface area (Å²) in [5, 5.41) is 0. The lowest BCUT2D eigenvalue weighted by Gasteiger charge is -1.97. The van der Waals surface area contributed by atoms with Gasteiger partial charge in [0.2, 0.25) is 0 Å². The third-order valence-corrected chi connectivity index (χ3v) is 1.49. The number of rotatable bonds is 3. The molecule has 1 aliphatic heterocycles. The molecule has 0 saturated heterocycles. The molecule has 0 amide bonds. The van der Waals surface area contributed by atoms with E-state index in [0.717, 1.165) is 0 Å². The monoisotopic (exact) mass is 178 g/mol. The molecule has 0 bridgehead atoms. The number of cyclic esters (lactones) is 1. The van der Waals surface area contributed by atoms with Crippen molar-refractivity contribution in [1.82, 2.24) is 0 Å². The fourth-order valence-electron chi connectivity index (χ4n) is 0.652. The van der Waals surface area contributed by atoms with Gasteiger partial charge in [0.1, 0.15) is 6.61 Å². The van der Waals surface area contributed by atoms with Crippen molar-refractivity contribution in [2.45, 2.75) is 0 Å². The van der Waals surface area contributed by atoms with Gasteiger partial charge in [-0.1, -0.05) is 0 Å². The Bertz CT molecular complexity index is 221. The first-order valence-electron chi connectivity index (χ1n) is 2.90. The van der Waals surface area contributed by atoms with Crippen molar-refractivity contribution in [1.29, 1.82) is 0 Å². The number of ether oxygens (including phenoxy) is 1. The number of hydrogen-bond donors (Lipinski definition) is 1. The van der Waals surface area contributed by atoms with E-state index in [1.165, 1.54) is 6.08 Å². The zero-order chi connectivity index (χ0) is 8.27. The van der Waals surface area contributed by atoms with E-state index in [2.05, 4.69) is 9.26 Å². The van der Waals surface area contributed by atoms with Crippen LogP contribution in [-0.2, 0) is 18.6 Å². The third-order valence-electron chi connectivity index (χ3n) is 1.10. The van der Waals surface area contributed by atoms with E-state index in [1.807, 2.05) is 0 Å². The minimum absolute atomic E-state index is 0.0139. The van der Waals surface area contributed by atoms with Crippen LogP contribution in [0.3, 0.4) is 0 Å². The molecule has 1 N–H and O–H groups in total. The fourth-order valence-corrected chi connectivity index (χ4v) is 0.960. The first-order chi connectivity index (χ1) is 5.18. The second-order valence-corrected chi connectivity index (χ2v) is 2.79. The SMILES string of the molecule is O=C1C=C(CO[PH](=O)O)CO1. The molecule has 6 heteroatoms. The van der Waals surface area contributed by atoms with Gasteiger partial charge in [0.15, 0.2) is 0 Å². The fraction of sp³-hybridized carbons (Fsp3) is 0.400. The van der Waals surface area contributed by atoms with Gasteiger partial charge in [-0.05, 0) is 0 Å². The Labute approximate surface area is 63.6 Å². The van der Waals surface area contributed by atoms with Crippen LogP contribution in [0.2, 0.25) is 0 Å². The molecule has 0 aromatic rings. The molecule has 0 fully saturated rings. The van der Waals surface area contributed by atoms with Gasteiger partial charge in [-0.2, -0.15) is 0 Å². The normalized spacial score (nSPS) is 19.4. The largest absolute Gasteiger partial charge is 0.458 e. The molecule has 1 unspecified atom stereocenters. The quantitative estimate of drug-likeness (QED) is 0.481. The lowest BCUT2D eigenvalue weighted by Crippen LogP contribution is -1.95.